The number of imidazole rings is 1. The van der Waals surface area contributed by atoms with Gasteiger partial charge in [0.15, 0.2) is 10.6 Å². The average Bonchev–Trinajstić information content (AvgIpc) is 3.43. The van der Waals surface area contributed by atoms with Gasteiger partial charge in [0.05, 0.1) is 12.8 Å². The number of fused-ring (bicyclic) bond motifs is 1. The number of carbonyl (C=O) groups is 1. The Kier molecular flexibility index (Phi) is 5.45. The van der Waals surface area contributed by atoms with Crippen LogP contribution in [0.4, 0.5) is 5.69 Å². The molecule has 0 bridgehead atoms. The van der Waals surface area contributed by atoms with Crippen LogP contribution in [0.15, 0.2) is 79.1 Å². The molecule has 8 nitrogen and oxygen atoms in total. The third-order valence-corrected chi connectivity index (χ3v) is 5.55. The van der Waals surface area contributed by atoms with Crippen molar-refractivity contribution in [3.8, 4) is 28.4 Å². The van der Waals surface area contributed by atoms with Gasteiger partial charge in [-0.05, 0) is 60.7 Å². The lowest BCUT2D eigenvalue weighted by atomic mass is 10.1. The van der Waals surface area contributed by atoms with Crippen molar-refractivity contribution in [2.45, 2.75) is 6.54 Å². The third-order valence-electron chi connectivity index (χ3n) is 5.24. The first-order valence-electron chi connectivity index (χ1n) is 10.2. The lowest BCUT2D eigenvalue weighted by molar-refractivity contribution is -0.116. The molecule has 0 aliphatic heterocycles. The Hall–Kier alpha value is -4.24. The zero-order chi connectivity index (χ0) is 22.8. The molecule has 3 aromatic heterocycles. The Morgan fingerprint density at radius 3 is 2.55 bits per heavy atom. The van der Waals surface area contributed by atoms with Gasteiger partial charge in [-0.25, -0.2) is 4.98 Å². The van der Waals surface area contributed by atoms with Crippen LogP contribution in [-0.2, 0) is 11.3 Å². The molecule has 0 aliphatic carbocycles. The largest absolute Gasteiger partial charge is 0.497 e. The third kappa shape index (κ3) is 4.26. The number of aromatic nitrogens is 5. The van der Waals surface area contributed by atoms with Gasteiger partial charge in [0, 0.05) is 29.2 Å². The highest BCUT2D eigenvalue weighted by Crippen LogP contribution is 2.23. The first-order valence-corrected chi connectivity index (χ1v) is 10.7. The van der Waals surface area contributed by atoms with E-state index in [4.69, 9.17) is 17.0 Å². The summed E-state index contributed by atoms with van der Waals surface area (Å²) in [6, 6.07) is 20.9. The standard InChI is InChI=1S/C24H20N6O2S/c1-32-19-11-7-17(8-12-19)23-27-28-24(33)30(23)15-22(31)25-18-9-5-16(6-10-18)20-14-29-13-3-2-4-21(29)26-20/h2-14H,15H2,1H3,(H,25,31)(H,28,33). The number of anilines is 1. The quantitative estimate of drug-likeness (QED) is 0.366. The molecule has 0 fully saturated rings. The smallest absolute Gasteiger partial charge is 0.244 e. The van der Waals surface area contributed by atoms with Crippen LogP contribution in [-0.4, -0.2) is 37.2 Å². The summed E-state index contributed by atoms with van der Waals surface area (Å²) in [7, 11) is 1.61. The number of hydrogen-bond acceptors (Lipinski definition) is 5. The fourth-order valence-corrected chi connectivity index (χ4v) is 3.76. The van der Waals surface area contributed by atoms with Gasteiger partial charge in [-0.15, -0.1) is 0 Å². The molecule has 0 spiro atoms. The van der Waals surface area contributed by atoms with E-state index >= 15 is 0 Å². The van der Waals surface area contributed by atoms with Crippen molar-refractivity contribution in [1.29, 1.82) is 0 Å². The number of pyridine rings is 1. The van der Waals surface area contributed by atoms with E-state index in [0.29, 0.717) is 16.3 Å². The summed E-state index contributed by atoms with van der Waals surface area (Å²) in [5, 5.41) is 9.96. The van der Waals surface area contributed by atoms with Crippen LogP contribution in [0.2, 0.25) is 0 Å². The van der Waals surface area contributed by atoms with Crippen LogP contribution in [0.5, 0.6) is 5.75 Å². The highest BCUT2D eigenvalue weighted by molar-refractivity contribution is 7.71. The summed E-state index contributed by atoms with van der Waals surface area (Å²) < 4.78 is 9.21. The van der Waals surface area contributed by atoms with Gasteiger partial charge in [-0.2, -0.15) is 5.10 Å². The number of ether oxygens (including phenoxy) is 1. The molecule has 0 atom stereocenters. The van der Waals surface area contributed by atoms with E-state index in [1.54, 1.807) is 11.7 Å². The molecule has 5 rings (SSSR count). The molecule has 0 saturated carbocycles. The molecule has 0 radical (unpaired) electrons. The number of carbonyl (C=O) groups excluding carboxylic acids is 1. The van der Waals surface area contributed by atoms with E-state index in [-0.39, 0.29) is 12.5 Å². The number of amides is 1. The number of aromatic amines is 1. The van der Waals surface area contributed by atoms with Crippen molar-refractivity contribution in [2.24, 2.45) is 0 Å². The second-order valence-electron chi connectivity index (χ2n) is 7.38. The zero-order valence-corrected chi connectivity index (χ0v) is 18.5. The van der Waals surface area contributed by atoms with Crippen LogP contribution in [0, 0.1) is 4.77 Å². The Morgan fingerprint density at radius 2 is 1.82 bits per heavy atom. The Morgan fingerprint density at radius 1 is 1.06 bits per heavy atom. The van der Waals surface area contributed by atoms with Crippen molar-refractivity contribution < 1.29 is 9.53 Å². The van der Waals surface area contributed by atoms with Gasteiger partial charge in [0.2, 0.25) is 5.91 Å². The van der Waals surface area contributed by atoms with Crippen molar-refractivity contribution in [3.63, 3.8) is 0 Å². The van der Waals surface area contributed by atoms with Crippen LogP contribution in [0.25, 0.3) is 28.3 Å². The van der Waals surface area contributed by atoms with Gasteiger partial charge in [0.1, 0.15) is 17.9 Å². The summed E-state index contributed by atoms with van der Waals surface area (Å²) >= 11 is 5.33. The molecular weight excluding hydrogens is 436 g/mol. The van der Waals surface area contributed by atoms with Crippen molar-refractivity contribution >= 4 is 29.5 Å². The van der Waals surface area contributed by atoms with Crippen LogP contribution < -0.4 is 10.1 Å². The van der Waals surface area contributed by atoms with Crippen LogP contribution >= 0.6 is 12.2 Å². The van der Waals surface area contributed by atoms with Gasteiger partial charge in [-0.1, -0.05) is 18.2 Å². The van der Waals surface area contributed by atoms with Crippen LogP contribution in [0.3, 0.4) is 0 Å². The molecule has 0 aliphatic rings. The van der Waals surface area contributed by atoms with Gasteiger partial charge >= 0.3 is 0 Å². The fraction of sp³-hybridized carbons (Fsp3) is 0.0833. The predicted octanol–water partition coefficient (Wildman–Crippen LogP) is 4.57. The summed E-state index contributed by atoms with van der Waals surface area (Å²) in [5.41, 5.74) is 4.24. The first-order chi connectivity index (χ1) is 16.1. The second kappa shape index (κ2) is 8.71. The Bertz CT molecular complexity index is 1450. The minimum Gasteiger partial charge on any atom is -0.497 e. The molecule has 33 heavy (non-hydrogen) atoms. The highest BCUT2D eigenvalue weighted by atomic mass is 32.1. The summed E-state index contributed by atoms with van der Waals surface area (Å²) in [4.78, 5) is 17.4. The SMILES string of the molecule is COc1ccc(-c2n[nH]c(=S)n2CC(=O)Nc2ccc(-c3cn4ccccc4n3)cc2)cc1. The maximum absolute atomic E-state index is 12.7. The summed E-state index contributed by atoms with van der Waals surface area (Å²) in [6.07, 6.45) is 3.94. The molecule has 3 heterocycles. The number of benzene rings is 2. The van der Waals surface area contributed by atoms with Gasteiger partial charge in [0.25, 0.3) is 0 Å². The zero-order valence-electron chi connectivity index (χ0n) is 17.7. The molecule has 0 saturated heterocycles. The van der Waals surface area contributed by atoms with Crippen molar-refractivity contribution in [1.82, 2.24) is 24.1 Å². The molecule has 9 heteroatoms. The molecular formula is C24H20N6O2S. The molecule has 164 valence electrons. The van der Waals surface area contributed by atoms with Crippen LogP contribution in [0.1, 0.15) is 0 Å². The van der Waals surface area contributed by atoms with Gasteiger partial charge < -0.3 is 14.5 Å². The molecule has 0 unspecified atom stereocenters. The number of nitrogens with one attached hydrogen (secondary N) is 2. The lowest BCUT2D eigenvalue weighted by Crippen LogP contribution is -2.19. The summed E-state index contributed by atoms with van der Waals surface area (Å²) in [6.45, 7) is 0.0326. The highest BCUT2D eigenvalue weighted by Gasteiger charge is 2.13. The number of H-pyrrole nitrogens is 1. The second-order valence-corrected chi connectivity index (χ2v) is 7.77. The van der Waals surface area contributed by atoms with Gasteiger partial charge in [-0.3, -0.25) is 14.5 Å². The maximum atomic E-state index is 12.7. The average molecular weight is 457 g/mol. The molecule has 5 aromatic rings. The normalized spacial score (nSPS) is 10.9. The maximum Gasteiger partial charge on any atom is 0.244 e. The molecule has 2 N–H and O–H groups in total. The fourth-order valence-electron chi connectivity index (χ4n) is 3.57. The van der Waals surface area contributed by atoms with Crippen molar-refractivity contribution in [3.05, 3.63) is 83.9 Å². The van der Waals surface area contributed by atoms with E-state index in [0.717, 1.165) is 28.2 Å². The topological polar surface area (TPSA) is 89.2 Å². The number of nitrogens with zero attached hydrogens (tertiary/aromatic N) is 4. The summed E-state index contributed by atoms with van der Waals surface area (Å²) in [5.74, 6) is 1.12. The molecule has 1 amide bonds. The first kappa shape index (κ1) is 20.7. The van der Waals surface area contributed by atoms with E-state index < -0.39 is 0 Å². The van der Waals surface area contributed by atoms with E-state index in [1.165, 1.54) is 0 Å². The predicted molar refractivity (Wildman–Crippen MR) is 129 cm³/mol. The van der Waals surface area contributed by atoms with E-state index in [9.17, 15) is 4.79 Å². The molecule has 2 aromatic carbocycles. The Balaban J connectivity index is 1.30. The monoisotopic (exact) mass is 456 g/mol. The number of rotatable bonds is 6. The number of hydrogen-bond donors (Lipinski definition) is 2. The Labute approximate surface area is 194 Å². The minimum atomic E-state index is -0.206. The minimum absolute atomic E-state index is 0.0326. The van der Waals surface area contributed by atoms with E-state index in [1.807, 2.05) is 83.5 Å². The lowest BCUT2D eigenvalue weighted by Gasteiger charge is -2.09. The van der Waals surface area contributed by atoms with E-state index in [2.05, 4.69) is 20.5 Å². The number of methoxy groups -OCH3 is 1. The van der Waals surface area contributed by atoms with Crippen molar-refractivity contribution in [2.75, 3.05) is 12.4 Å².